The van der Waals surface area contributed by atoms with E-state index >= 15 is 0 Å². The summed E-state index contributed by atoms with van der Waals surface area (Å²) in [4.78, 5) is 24.2. The molecule has 1 N–H and O–H groups in total. The molecule has 0 radical (unpaired) electrons. The lowest BCUT2D eigenvalue weighted by atomic mass is 10.0. The van der Waals surface area contributed by atoms with Crippen molar-refractivity contribution in [3.63, 3.8) is 0 Å². The number of ether oxygens (including phenoxy) is 2. The first-order valence-corrected chi connectivity index (χ1v) is 7.78. The van der Waals surface area contributed by atoms with Gasteiger partial charge in [0.1, 0.15) is 5.75 Å². The zero-order chi connectivity index (χ0) is 17.2. The van der Waals surface area contributed by atoms with Crippen molar-refractivity contribution in [2.75, 3.05) is 13.2 Å². The van der Waals surface area contributed by atoms with Gasteiger partial charge in [-0.25, -0.2) is 0 Å². The van der Waals surface area contributed by atoms with E-state index < -0.39 is 12.0 Å². The average molecular weight is 319 g/mol. The molecule has 0 aliphatic heterocycles. The summed E-state index contributed by atoms with van der Waals surface area (Å²) in [6, 6.07) is 6.27. The molecule has 1 aromatic carbocycles. The zero-order valence-corrected chi connectivity index (χ0v) is 14.0. The molecular formula is C18H25NO4. The smallest absolute Gasteiger partial charge is 0.307 e. The Labute approximate surface area is 137 Å². The molecule has 1 unspecified atom stereocenters. The van der Waals surface area contributed by atoms with Crippen LogP contribution in [0.2, 0.25) is 0 Å². The third kappa shape index (κ3) is 6.65. The van der Waals surface area contributed by atoms with Crippen LogP contribution in [0.3, 0.4) is 0 Å². The Morgan fingerprint density at radius 3 is 2.43 bits per heavy atom. The van der Waals surface area contributed by atoms with Gasteiger partial charge in [-0.1, -0.05) is 6.08 Å². The Bertz CT molecular complexity index is 522. The molecule has 5 heteroatoms. The third-order valence-electron chi connectivity index (χ3n) is 3.01. The van der Waals surface area contributed by atoms with Crippen LogP contribution in [0.15, 0.2) is 36.9 Å². The van der Waals surface area contributed by atoms with Gasteiger partial charge >= 0.3 is 5.97 Å². The van der Waals surface area contributed by atoms with E-state index in [1.165, 1.54) is 0 Å². The number of hydrogen-bond donors (Lipinski definition) is 1. The summed E-state index contributed by atoms with van der Waals surface area (Å²) in [5.74, 6) is 0.149. The number of esters is 1. The number of Topliss-reactive ketones (excluding diaryl/α,β-unsaturated/α-hetero) is 1. The van der Waals surface area contributed by atoms with Crippen LogP contribution in [0.25, 0.3) is 0 Å². The van der Waals surface area contributed by atoms with E-state index in [4.69, 9.17) is 9.47 Å². The Morgan fingerprint density at radius 1 is 1.26 bits per heavy atom. The second kappa shape index (κ2) is 9.79. The van der Waals surface area contributed by atoms with Gasteiger partial charge < -0.3 is 14.8 Å². The molecular weight excluding hydrogens is 294 g/mol. The Hall–Kier alpha value is -2.14. The largest absolute Gasteiger partial charge is 0.491 e. The van der Waals surface area contributed by atoms with Gasteiger partial charge in [0.2, 0.25) is 0 Å². The van der Waals surface area contributed by atoms with Crippen molar-refractivity contribution in [1.29, 1.82) is 0 Å². The maximum atomic E-state index is 12.6. The van der Waals surface area contributed by atoms with Gasteiger partial charge in [-0.15, -0.1) is 6.58 Å². The lowest BCUT2D eigenvalue weighted by Crippen LogP contribution is -2.39. The highest BCUT2D eigenvalue weighted by Gasteiger charge is 2.23. The number of ketones is 1. The van der Waals surface area contributed by atoms with E-state index in [1.54, 1.807) is 37.3 Å². The minimum atomic E-state index is -0.635. The number of nitrogens with one attached hydrogen (secondary N) is 1. The average Bonchev–Trinajstić information content (AvgIpc) is 2.51. The standard InChI is InChI=1S/C18H25NO4/c1-5-11-19-16(12-17(20)22-6-2)18(21)14-7-9-15(10-8-14)23-13(3)4/h5,7-10,13,16,19H,1,6,11-12H2,2-4H3. The highest BCUT2D eigenvalue weighted by atomic mass is 16.5. The quantitative estimate of drug-likeness (QED) is 0.408. The number of hydrogen-bond acceptors (Lipinski definition) is 5. The normalized spacial score (nSPS) is 11.8. The predicted octanol–water partition coefficient (Wildman–Crippen LogP) is 2.75. The summed E-state index contributed by atoms with van der Waals surface area (Å²) in [6.07, 6.45) is 1.71. The van der Waals surface area contributed by atoms with Gasteiger partial charge in [0, 0.05) is 12.1 Å². The van der Waals surface area contributed by atoms with Crippen LogP contribution in [-0.2, 0) is 9.53 Å². The van der Waals surface area contributed by atoms with E-state index in [2.05, 4.69) is 11.9 Å². The highest BCUT2D eigenvalue weighted by molar-refractivity contribution is 6.01. The number of carbonyl (C=O) groups excluding carboxylic acids is 2. The van der Waals surface area contributed by atoms with Crippen molar-refractivity contribution in [2.24, 2.45) is 0 Å². The molecule has 0 amide bonds. The van der Waals surface area contributed by atoms with Gasteiger partial charge in [0.25, 0.3) is 0 Å². The van der Waals surface area contributed by atoms with Gasteiger partial charge in [0.15, 0.2) is 5.78 Å². The Balaban J connectivity index is 2.81. The summed E-state index contributed by atoms with van der Waals surface area (Å²) in [6.45, 7) is 9.95. The molecule has 0 aliphatic carbocycles. The summed E-state index contributed by atoms with van der Waals surface area (Å²) < 4.78 is 10.5. The lowest BCUT2D eigenvalue weighted by molar-refractivity contribution is -0.143. The molecule has 126 valence electrons. The molecule has 5 nitrogen and oxygen atoms in total. The maximum Gasteiger partial charge on any atom is 0.307 e. The van der Waals surface area contributed by atoms with Gasteiger partial charge in [-0.05, 0) is 45.0 Å². The molecule has 0 saturated carbocycles. The number of rotatable bonds is 10. The number of carbonyl (C=O) groups is 2. The molecule has 0 heterocycles. The Morgan fingerprint density at radius 2 is 1.91 bits per heavy atom. The molecule has 1 atom stereocenters. The molecule has 0 spiro atoms. The lowest BCUT2D eigenvalue weighted by Gasteiger charge is -2.16. The molecule has 0 aromatic heterocycles. The maximum absolute atomic E-state index is 12.6. The van der Waals surface area contributed by atoms with Crippen molar-refractivity contribution in [3.05, 3.63) is 42.5 Å². The van der Waals surface area contributed by atoms with Crippen LogP contribution < -0.4 is 10.1 Å². The van der Waals surface area contributed by atoms with Crippen LogP contribution in [0.4, 0.5) is 0 Å². The fourth-order valence-corrected chi connectivity index (χ4v) is 2.04. The third-order valence-corrected chi connectivity index (χ3v) is 3.01. The van der Waals surface area contributed by atoms with E-state index in [0.717, 1.165) is 0 Å². The summed E-state index contributed by atoms with van der Waals surface area (Å²) >= 11 is 0. The monoisotopic (exact) mass is 319 g/mol. The van der Waals surface area contributed by atoms with E-state index in [-0.39, 0.29) is 18.3 Å². The first-order chi connectivity index (χ1) is 11.0. The van der Waals surface area contributed by atoms with Gasteiger partial charge in [-0.3, -0.25) is 9.59 Å². The van der Waals surface area contributed by atoms with Crippen LogP contribution in [-0.4, -0.2) is 37.0 Å². The second-order valence-corrected chi connectivity index (χ2v) is 5.31. The first kappa shape index (κ1) is 18.9. The second-order valence-electron chi connectivity index (χ2n) is 5.31. The zero-order valence-electron chi connectivity index (χ0n) is 14.0. The molecule has 0 bridgehead atoms. The SMILES string of the molecule is C=CCNC(CC(=O)OCC)C(=O)c1ccc(OC(C)C)cc1. The molecule has 0 fully saturated rings. The minimum absolute atomic E-state index is 0.00917. The van der Waals surface area contributed by atoms with Crippen LogP contribution in [0.1, 0.15) is 37.6 Å². The summed E-state index contributed by atoms with van der Waals surface area (Å²) in [5, 5.41) is 3.00. The van der Waals surface area contributed by atoms with Crippen molar-refractivity contribution in [1.82, 2.24) is 5.32 Å². The van der Waals surface area contributed by atoms with Crippen LogP contribution in [0, 0.1) is 0 Å². The topological polar surface area (TPSA) is 64.6 Å². The van der Waals surface area contributed by atoms with E-state index in [0.29, 0.717) is 24.5 Å². The molecule has 1 aromatic rings. The molecule has 0 saturated heterocycles. The predicted molar refractivity (Wildman–Crippen MR) is 89.8 cm³/mol. The Kier molecular flexibility index (Phi) is 8.05. The van der Waals surface area contributed by atoms with Gasteiger partial charge in [0.05, 0.1) is 25.2 Å². The van der Waals surface area contributed by atoms with Crippen LogP contribution in [0.5, 0.6) is 5.75 Å². The summed E-state index contributed by atoms with van der Waals surface area (Å²) in [7, 11) is 0. The highest BCUT2D eigenvalue weighted by Crippen LogP contribution is 2.16. The molecule has 23 heavy (non-hydrogen) atoms. The van der Waals surface area contributed by atoms with Crippen molar-refractivity contribution in [2.45, 2.75) is 39.3 Å². The van der Waals surface area contributed by atoms with Crippen molar-refractivity contribution < 1.29 is 19.1 Å². The fourth-order valence-electron chi connectivity index (χ4n) is 2.04. The number of benzene rings is 1. The van der Waals surface area contributed by atoms with Gasteiger partial charge in [-0.2, -0.15) is 0 Å². The van der Waals surface area contributed by atoms with E-state index in [1.807, 2.05) is 13.8 Å². The van der Waals surface area contributed by atoms with E-state index in [9.17, 15) is 9.59 Å². The van der Waals surface area contributed by atoms with Crippen molar-refractivity contribution in [3.8, 4) is 5.75 Å². The fraction of sp³-hybridized carbons (Fsp3) is 0.444. The minimum Gasteiger partial charge on any atom is -0.491 e. The van der Waals surface area contributed by atoms with Crippen LogP contribution >= 0.6 is 0 Å². The molecule has 1 rings (SSSR count). The molecule has 0 aliphatic rings. The summed E-state index contributed by atoms with van der Waals surface area (Å²) in [5.41, 5.74) is 0.520. The first-order valence-electron chi connectivity index (χ1n) is 7.78. The van der Waals surface area contributed by atoms with Crippen molar-refractivity contribution >= 4 is 11.8 Å².